The first-order valence-electron chi connectivity index (χ1n) is 6.86. The highest BCUT2D eigenvalue weighted by molar-refractivity contribution is 5.38. The van der Waals surface area contributed by atoms with Gasteiger partial charge in [-0.3, -0.25) is 0 Å². The molecule has 3 aliphatic rings. The molecule has 2 nitrogen and oxygen atoms in total. The molecule has 0 aromatic heterocycles. The van der Waals surface area contributed by atoms with Crippen LogP contribution in [0, 0.1) is 22.7 Å². The van der Waals surface area contributed by atoms with Gasteiger partial charge in [0.05, 0.1) is 17.1 Å². The summed E-state index contributed by atoms with van der Waals surface area (Å²) in [5.41, 5.74) is 0.126. The highest BCUT2D eigenvalue weighted by Crippen LogP contribution is 2.74. The molecule has 0 amide bonds. The molecule has 5 unspecified atom stereocenters. The summed E-state index contributed by atoms with van der Waals surface area (Å²) in [6, 6.07) is 0. The minimum absolute atomic E-state index is 0.00472. The molecule has 0 heterocycles. The van der Waals surface area contributed by atoms with Crippen molar-refractivity contribution >= 4 is 0 Å². The van der Waals surface area contributed by atoms with Gasteiger partial charge in [-0.1, -0.05) is 32.4 Å². The van der Waals surface area contributed by atoms with Gasteiger partial charge in [-0.25, -0.2) is 0 Å². The number of hydrogen-bond donors (Lipinski definition) is 2. The van der Waals surface area contributed by atoms with Crippen LogP contribution in [0.3, 0.4) is 0 Å². The Labute approximate surface area is 104 Å². The summed E-state index contributed by atoms with van der Waals surface area (Å²) in [7, 11) is 0. The van der Waals surface area contributed by atoms with E-state index in [9.17, 15) is 10.2 Å². The number of hydrogen-bond acceptors (Lipinski definition) is 2. The molecule has 3 aliphatic carbocycles. The molecule has 0 aliphatic heterocycles. The first-order valence-corrected chi connectivity index (χ1v) is 6.86. The summed E-state index contributed by atoms with van der Waals surface area (Å²) < 4.78 is 0. The Kier molecular flexibility index (Phi) is 2.05. The van der Waals surface area contributed by atoms with Crippen LogP contribution < -0.4 is 0 Å². The van der Waals surface area contributed by atoms with Gasteiger partial charge in [0, 0.05) is 0 Å². The predicted molar refractivity (Wildman–Crippen MR) is 67.4 cm³/mol. The summed E-state index contributed by atoms with van der Waals surface area (Å²) in [6.45, 7) is 8.69. The normalized spacial score (nSPS) is 55.6. The Bertz CT molecular complexity index is 398. The second-order valence-corrected chi connectivity index (χ2v) is 7.13. The van der Waals surface area contributed by atoms with Gasteiger partial charge in [-0.2, -0.15) is 0 Å². The fourth-order valence-corrected chi connectivity index (χ4v) is 5.66. The van der Waals surface area contributed by atoms with Crippen molar-refractivity contribution in [1.82, 2.24) is 0 Å². The number of aliphatic hydroxyl groups excluding tert-OH is 1. The lowest BCUT2D eigenvalue weighted by Gasteiger charge is -2.52. The molecule has 2 bridgehead atoms. The molecule has 0 saturated heterocycles. The third kappa shape index (κ3) is 0.943. The van der Waals surface area contributed by atoms with Crippen LogP contribution in [-0.4, -0.2) is 21.9 Å². The molecule has 17 heavy (non-hydrogen) atoms. The molecule has 2 saturated carbocycles. The van der Waals surface area contributed by atoms with E-state index in [1.807, 2.05) is 0 Å². The van der Waals surface area contributed by atoms with E-state index in [0.29, 0.717) is 5.92 Å². The molecule has 0 aromatic carbocycles. The van der Waals surface area contributed by atoms with Crippen LogP contribution >= 0.6 is 0 Å². The van der Waals surface area contributed by atoms with Gasteiger partial charge in [0.2, 0.25) is 0 Å². The van der Waals surface area contributed by atoms with Gasteiger partial charge >= 0.3 is 0 Å². The van der Waals surface area contributed by atoms with E-state index in [0.717, 1.165) is 19.3 Å². The molecular weight excluding hydrogens is 212 g/mol. The fourth-order valence-electron chi connectivity index (χ4n) is 5.66. The van der Waals surface area contributed by atoms with Crippen LogP contribution in [-0.2, 0) is 0 Å². The van der Waals surface area contributed by atoms with Crippen LogP contribution in [0.4, 0.5) is 0 Å². The van der Waals surface area contributed by atoms with Crippen molar-refractivity contribution in [3.8, 4) is 0 Å². The average molecular weight is 236 g/mol. The van der Waals surface area contributed by atoms with Crippen molar-refractivity contribution < 1.29 is 10.2 Å². The summed E-state index contributed by atoms with van der Waals surface area (Å²) in [5, 5.41) is 21.9. The lowest BCUT2D eigenvalue weighted by atomic mass is 9.54. The smallest absolute Gasteiger partial charge is 0.0800 e. The molecule has 2 N–H and O–H groups in total. The molecule has 3 rings (SSSR count). The maximum atomic E-state index is 11.2. The molecular formula is C15H24O2. The van der Waals surface area contributed by atoms with Gasteiger partial charge in [0.25, 0.3) is 0 Å². The Morgan fingerprint density at radius 1 is 1.35 bits per heavy atom. The van der Waals surface area contributed by atoms with Crippen molar-refractivity contribution in [2.45, 2.75) is 58.7 Å². The second-order valence-electron chi connectivity index (χ2n) is 7.13. The minimum Gasteiger partial charge on any atom is -0.392 e. The van der Waals surface area contributed by atoms with E-state index >= 15 is 0 Å². The molecule has 96 valence electrons. The SMILES string of the molecule is CC1=CCC2CC3(O)C(C)CC(O)C13C2(C)C. The van der Waals surface area contributed by atoms with Crippen molar-refractivity contribution in [3.63, 3.8) is 0 Å². The Morgan fingerprint density at radius 3 is 2.65 bits per heavy atom. The maximum Gasteiger partial charge on any atom is 0.0800 e. The number of allylic oxidation sites excluding steroid dienone is 1. The third-order valence-corrected chi connectivity index (χ3v) is 6.50. The Morgan fingerprint density at radius 2 is 2.00 bits per heavy atom. The van der Waals surface area contributed by atoms with Crippen molar-refractivity contribution in [2.24, 2.45) is 22.7 Å². The predicted octanol–water partition coefficient (Wildman–Crippen LogP) is 2.50. The van der Waals surface area contributed by atoms with Crippen molar-refractivity contribution in [1.29, 1.82) is 0 Å². The third-order valence-electron chi connectivity index (χ3n) is 6.50. The highest BCUT2D eigenvalue weighted by atomic mass is 16.3. The van der Waals surface area contributed by atoms with Crippen LogP contribution in [0.5, 0.6) is 0 Å². The van der Waals surface area contributed by atoms with Gasteiger partial charge in [-0.05, 0) is 43.4 Å². The standard InChI is InChI=1S/C15H24O2/c1-9-5-6-11-8-14(17)10(2)7-12(16)15(9,14)13(11,3)4/h5,10-12,16-17H,6-8H2,1-4H3. The number of rotatable bonds is 0. The van der Waals surface area contributed by atoms with Crippen molar-refractivity contribution in [2.75, 3.05) is 0 Å². The second kappa shape index (κ2) is 2.97. The topological polar surface area (TPSA) is 40.5 Å². The van der Waals surface area contributed by atoms with Gasteiger partial charge in [0.1, 0.15) is 0 Å². The van der Waals surface area contributed by atoms with Gasteiger partial charge < -0.3 is 10.2 Å². The van der Waals surface area contributed by atoms with Gasteiger partial charge in [0.15, 0.2) is 0 Å². The largest absolute Gasteiger partial charge is 0.392 e. The Balaban J connectivity index is 2.29. The van der Waals surface area contributed by atoms with Crippen LogP contribution in [0.15, 0.2) is 11.6 Å². The van der Waals surface area contributed by atoms with E-state index in [-0.39, 0.29) is 17.4 Å². The van der Waals surface area contributed by atoms with Crippen molar-refractivity contribution in [3.05, 3.63) is 11.6 Å². The van der Waals surface area contributed by atoms with E-state index in [1.165, 1.54) is 5.57 Å². The summed E-state index contributed by atoms with van der Waals surface area (Å²) >= 11 is 0. The van der Waals surface area contributed by atoms with Crippen LogP contribution in [0.25, 0.3) is 0 Å². The summed E-state index contributed by atoms with van der Waals surface area (Å²) in [5.74, 6) is 0.705. The zero-order valence-electron chi connectivity index (χ0n) is 11.3. The zero-order chi connectivity index (χ0) is 12.6. The first kappa shape index (κ1) is 11.7. The molecule has 0 aromatic rings. The van der Waals surface area contributed by atoms with Crippen LogP contribution in [0.2, 0.25) is 0 Å². The average Bonchev–Trinajstić information content (AvgIpc) is 2.45. The molecule has 0 radical (unpaired) electrons. The molecule has 1 spiro atoms. The number of aliphatic hydroxyl groups is 2. The molecule has 5 atom stereocenters. The zero-order valence-corrected chi connectivity index (χ0v) is 11.3. The first-order chi connectivity index (χ1) is 7.78. The van der Waals surface area contributed by atoms with E-state index in [4.69, 9.17) is 0 Å². The number of fused-ring (bicyclic) bond motifs is 1. The molecule has 2 heteroatoms. The van der Waals surface area contributed by atoms with Gasteiger partial charge in [-0.15, -0.1) is 0 Å². The van der Waals surface area contributed by atoms with E-state index < -0.39 is 11.0 Å². The Hall–Kier alpha value is -0.340. The quantitative estimate of drug-likeness (QED) is 0.634. The summed E-state index contributed by atoms with van der Waals surface area (Å²) in [4.78, 5) is 0. The summed E-state index contributed by atoms with van der Waals surface area (Å²) in [6.07, 6.45) is 4.51. The monoisotopic (exact) mass is 236 g/mol. The van der Waals surface area contributed by atoms with E-state index in [2.05, 4.69) is 33.8 Å². The lowest BCUT2D eigenvalue weighted by Crippen LogP contribution is -2.55. The maximum absolute atomic E-state index is 11.2. The highest BCUT2D eigenvalue weighted by Gasteiger charge is 2.76. The van der Waals surface area contributed by atoms with Crippen LogP contribution in [0.1, 0.15) is 47.0 Å². The lowest BCUT2D eigenvalue weighted by molar-refractivity contribution is -0.114. The minimum atomic E-state index is -0.697. The van der Waals surface area contributed by atoms with E-state index in [1.54, 1.807) is 0 Å². The molecule has 2 fully saturated rings. The fraction of sp³-hybridized carbons (Fsp3) is 0.867.